The molecule has 0 amide bonds. The summed E-state index contributed by atoms with van der Waals surface area (Å²) < 4.78 is 44.5. The van der Waals surface area contributed by atoms with E-state index in [0.29, 0.717) is 23.8 Å². The van der Waals surface area contributed by atoms with E-state index in [4.69, 9.17) is 14.2 Å². The molecule has 1 aliphatic heterocycles. The third-order valence-corrected chi connectivity index (χ3v) is 4.74. The van der Waals surface area contributed by atoms with E-state index in [1.165, 1.54) is 19.2 Å². The molecule has 2 aromatic carbocycles. The number of halogens is 2. The first-order valence-corrected chi connectivity index (χ1v) is 9.12. The predicted molar refractivity (Wildman–Crippen MR) is 101 cm³/mol. The van der Waals surface area contributed by atoms with E-state index in [2.05, 4.69) is 12.2 Å². The number of hydrogen-bond donors (Lipinski definition) is 0. The maximum Gasteiger partial charge on any atom is 0.201 e. The molecule has 3 nitrogen and oxygen atoms in total. The lowest BCUT2D eigenvalue weighted by Crippen LogP contribution is -2.29. The summed E-state index contributed by atoms with van der Waals surface area (Å²) in [5.74, 6) is -0.853. The van der Waals surface area contributed by atoms with Gasteiger partial charge in [0.1, 0.15) is 12.4 Å². The molecule has 1 heterocycles. The van der Waals surface area contributed by atoms with Crippen molar-refractivity contribution in [1.82, 2.24) is 0 Å². The highest BCUT2D eigenvalue weighted by Crippen LogP contribution is 2.30. The molecule has 0 aromatic heterocycles. The Bertz CT molecular complexity index is 779. The zero-order valence-electron chi connectivity index (χ0n) is 15.6. The zero-order valence-corrected chi connectivity index (χ0v) is 15.6. The lowest BCUT2D eigenvalue weighted by molar-refractivity contribution is -0.0275. The van der Waals surface area contributed by atoms with E-state index in [-0.39, 0.29) is 17.4 Å². The van der Waals surface area contributed by atoms with Gasteiger partial charge in [-0.25, -0.2) is 4.39 Å². The molecule has 0 bridgehead atoms. The molecule has 0 saturated carbocycles. The molecule has 3 rings (SSSR count). The van der Waals surface area contributed by atoms with Crippen LogP contribution in [0.25, 0.3) is 11.1 Å². The van der Waals surface area contributed by atoms with Gasteiger partial charge in [0.25, 0.3) is 0 Å². The van der Waals surface area contributed by atoms with Gasteiger partial charge in [-0.2, -0.15) is 4.39 Å². The van der Waals surface area contributed by atoms with Gasteiger partial charge in [-0.15, -0.1) is 0 Å². The standard InChI is InChI=1S/C22H24F2O3/c1-3-4-15-5-8-18(26-13-15)14-27-17-9-6-16(7-10-17)19-11-12-20(25-2)22(24)21(19)23/h3-4,6-7,9-12,15,18H,5,8,13-14H2,1-2H3/b4-3+. The van der Waals surface area contributed by atoms with E-state index in [1.807, 2.05) is 6.92 Å². The van der Waals surface area contributed by atoms with E-state index >= 15 is 0 Å². The van der Waals surface area contributed by atoms with Crippen molar-refractivity contribution in [3.8, 4) is 22.6 Å². The summed E-state index contributed by atoms with van der Waals surface area (Å²) in [7, 11) is 1.31. The molecule has 144 valence electrons. The molecule has 0 aliphatic carbocycles. The van der Waals surface area contributed by atoms with Gasteiger partial charge in [0.05, 0.1) is 19.8 Å². The monoisotopic (exact) mass is 374 g/mol. The van der Waals surface area contributed by atoms with Gasteiger partial charge < -0.3 is 14.2 Å². The fourth-order valence-electron chi connectivity index (χ4n) is 3.21. The van der Waals surface area contributed by atoms with Crippen LogP contribution in [0, 0.1) is 17.6 Å². The van der Waals surface area contributed by atoms with Gasteiger partial charge >= 0.3 is 0 Å². The summed E-state index contributed by atoms with van der Waals surface area (Å²) in [6.45, 7) is 3.22. The molecular weight excluding hydrogens is 350 g/mol. The van der Waals surface area contributed by atoms with Gasteiger partial charge in [0.15, 0.2) is 11.6 Å². The second kappa shape index (κ2) is 9.00. The molecule has 5 heteroatoms. The van der Waals surface area contributed by atoms with Crippen molar-refractivity contribution < 1.29 is 23.0 Å². The summed E-state index contributed by atoms with van der Waals surface area (Å²) in [4.78, 5) is 0. The SMILES string of the molecule is C/C=C/C1CCC(COc2ccc(-c3ccc(OC)c(F)c3F)cc2)OC1. The molecule has 0 radical (unpaired) electrons. The quantitative estimate of drug-likeness (QED) is 0.635. The van der Waals surface area contributed by atoms with Crippen molar-refractivity contribution in [3.63, 3.8) is 0 Å². The summed E-state index contributed by atoms with van der Waals surface area (Å²) in [6, 6.07) is 9.85. The molecule has 2 unspecified atom stereocenters. The summed E-state index contributed by atoms with van der Waals surface area (Å²) in [6.07, 6.45) is 6.38. The number of allylic oxidation sites excluding steroid dienone is 1. The molecule has 2 atom stereocenters. The van der Waals surface area contributed by atoms with Crippen LogP contribution in [0.2, 0.25) is 0 Å². The number of rotatable bonds is 6. The number of benzene rings is 2. The number of hydrogen-bond acceptors (Lipinski definition) is 3. The average molecular weight is 374 g/mol. The van der Waals surface area contributed by atoms with Gasteiger partial charge in [0.2, 0.25) is 5.82 Å². The van der Waals surface area contributed by atoms with Crippen LogP contribution >= 0.6 is 0 Å². The highest BCUT2D eigenvalue weighted by Gasteiger charge is 2.20. The van der Waals surface area contributed by atoms with Crippen molar-refractivity contribution in [2.75, 3.05) is 20.3 Å². The number of ether oxygens (including phenoxy) is 3. The first-order valence-electron chi connectivity index (χ1n) is 9.12. The first-order chi connectivity index (χ1) is 13.1. The molecular formula is C22H24F2O3. The fourth-order valence-corrected chi connectivity index (χ4v) is 3.21. The predicted octanol–water partition coefficient (Wildman–Crippen LogP) is 5.39. The number of methoxy groups -OCH3 is 1. The minimum atomic E-state index is -0.985. The van der Waals surface area contributed by atoms with E-state index < -0.39 is 11.6 Å². The van der Waals surface area contributed by atoms with Crippen LogP contribution in [0.3, 0.4) is 0 Å². The molecule has 1 saturated heterocycles. The van der Waals surface area contributed by atoms with Crippen molar-refractivity contribution >= 4 is 0 Å². The Kier molecular flexibility index (Phi) is 6.45. The summed E-state index contributed by atoms with van der Waals surface area (Å²) >= 11 is 0. The summed E-state index contributed by atoms with van der Waals surface area (Å²) in [5, 5.41) is 0. The Morgan fingerprint density at radius 2 is 1.85 bits per heavy atom. The lowest BCUT2D eigenvalue weighted by atomic mass is 9.98. The van der Waals surface area contributed by atoms with Gasteiger partial charge in [-0.3, -0.25) is 0 Å². The molecule has 2 aromatic rings. The third kappa shape index (κ3) is 4.66. The smallest absolute Gasteiger partial charge is 0.201 e. The Labute approximate surface area is 158 Å². The highest BCUT2D eigenvalue weighted by molar-refractivity contribution is 5.66. The van der Waals surface area contributed by atoms with E-state index in [9.17, 15) is 8.78 Å². The van der Waals surface area contributed by atoms with Crippen molar-refractivity contribution in [1.29, 1.82) is 0 Å². The Balaban J connectivity index is 1.59. The largest absolute Gasteiger partial charge is 0.494 e. The van der Waals surface area contributed by atoms with Crippen LogP contribution in [0.15, 0.2) is 48.6 Å². The average Bonchev–Trinajstić information content (AvgIpc) is 2.70. The van der Waals surface area contributed by atoms with Crippen LogP contribution in [-0.2, 0) is 4.74 Å². The third-order valence-electron chi connectivity index (χ3n) is 4.74. The second-order valence-corrected chi connectivity index (χ2v) is 6.60. The van der Waals surface area contributed by atoms with Crippen LogP contribution in [0.1, 0.15) is 19.8 Å². The summed E-state index contributed by atoms with van der Waals surface area (Å²) in [5.41, 5.74) is 0.759. The van der Waals surface area contributed by atoms with Gasteiger partial charge in [-0.1, -0.05) is 24.3 Å². The maximum atomic E-state index is 14.2. The molecule has 0 spiro atoms. The topological polar surface area (TPSA) is 27.7 Å². The molecule has 1 aliphatic rings. The molecule has 27 heavy (non-hydrogen) atoms. The van der Waals surface area contributed by atoms with Crippen molar-refractivity contribution in [2.24, 2.45) is 5.92 Å². The normalized spacial score (nSPS) is 20.0. The minimum absolute atomic E-state index is 0.0827. The van der Waals surface area contributed by atoms with Crippen LogP contribution in [-0.4, -0.2) is 26.4 Å². The fraction of sp³-hybridized carbons (Fsp3) is 0.364. The van der Waals surface area contributed by atoms with Crippen LogP contribution in [0.4, 0.5) is 8.78 Å². The van der Waals surface area contributed by atoms with Crippen molar-refractivity contribution in [2.45, 2.75) is 25.9 Å². The minimum Gasteiger partial charge on any atom is -0.494 e. The second-order valence-electron chi connectivity index (χ2n) is 6.60. The van der Waals surface area contributed by atoms with Gasteiger partial charge in [-0.05, 0) is 49.6 Å². The Morgan fingerprint density at radius 1 is 1.07 bits per heavy atom. The maximum absolute atomic E-state index is 14.2. The first kappa shape index (κ1) is 19.4. The van der Waals surface area contributed by atoms with Gasteiger partial charge in [0, 0.05) is 11.5 Å². The van der Waals surface area contributed by atoms with E-state index in [0.717, 1.165) is 19.4 Å². The lowest BCUT2D eigenvalue weighted by Gasteiger charge is -2.27. The zero-order chi connectivity index (χ0) is 19.2. The Morgan fingerprint density at radius 3 is 2.48 bits per heavy atom. The Hall–Kier alpha value is -2.40. The highest BCUT2D eigenvalue weighted by atomic mass is 19.2. The van der Waals surface area contributed by atoms with Crippen LogP contribution in [0.5, 0.6) is 11.5 Å². The van der Waals surface area contributed by atoms with E-state index in [1.54, 1.807) is 24.3 Å². The van der Waals surface area contributed by atoms with Crippen molar-refractivity contribution in [3.05, 3.63) is 60.2 Å². The molecule has 1 fully saturated rings. The van der Waals surface area contributed by atoms with Crippen LogP contribution < -0.4 is 9.47 Å². The molecule has 0 N–H and O–H groups in total.